The van der Waals surface area contributed by atoms with Gasteiger partial charge in [-0.3, -0.25) is 14.8 Å². The van der Waals surface area contributed by atoms with Gasteiger partial charge in [0.1, 0.15) is 5.02 Å². The molecule has 0 saturated carbocycles. The van der Waals surface area contributed by atoms with Crippen LogP contribution in [0.2, 0.25) is 5.02 Å². The number of hydrogen-bond donors (Lipinski definition) is 1. The van der Waals surface area contributed by atoms with E-state index in [0.29, 0.717) is 11.1 Å². The highest BCUT2D eigenvalue weighted by Gasteiger charge is 2.19. The van der Waals surface area contributed by atoms with Gasteiger partial charge in [-0.15, -0.1) is 0 Å². The summed E-state index contributed by atoms with van der Waals surface area (Å²) in [6.07, 6.45) is 0. The molecule has 0 saturated heterocycles. The summed E-state index contributed by atoms with van der Waals surface area (Å²) in [5, 5.41) is 19.4. The van der Waals surface area contributed by atoms with Gasteiger partial charge in [0.25, 0.3) is 15.7 Å². The third-order valence-corrected chi connectivity index (χ3v) is 4.71. The van der Waals surface area contributed by atoms with Gasteiger partial charge in [0, 0.05) is 6.07 Å². The fourth-order valence-electron chi connectivity index (χ4n) is 1.83. The van der Waals surface area contributed by atoms with Crippen LogP contribution in [0, 0.1) is 28.4 Å². The molecule has 0 amide bonds. The smallest absolute Gasteiger partial charge is 0.279 e. The van der Waals surface area contributed by atoms with Crippen molar-refractivity contribution in [3.05, 3.63) is 62.7 Å². The van der Waals surface area contributed by atoms with Crippen LogP contribution in [0.1, 0.15) is 11.1 Å². The van der Waals surface area contributed by atoms with Crippen molar-refractivity contribution >= 4 is 33.0 Å². The molecule has 2 rings (SSSR count). The number of anilines is 1. The van der Waals surface area contributed by atoms with Crippen LogP contribution < -0.4 is 4.72 Å². The van der Waals surface area contributed by atoms with E-state index in [1.165, 1.54) is 43.3 Å². The number of hydrogen-bond acceptors (Lipinski definition) is 5. The van der Waals surface area contributed by atoms with Crippen LogP contribution >= 0.6 is 11.6 Å². The summed E-state index contributed by atoms with van der Waals surface area (Å²) in [6, 6.07) is 9.62. The largest absolute Gasteiger partial charge is 0.288 e. The van der Waals surface area contributed by atoms with Crippen molar-refractivity contribution in [1.29, 1.82) is 5.26 Å². The molecule has 1 N–H and O–H groups in total. The Balaban J connectivity index is 2.39. The lowest BCUT2D eigenvalue weighted by Crippen LogP contribution is -2.14. The number of nitro benzene ring substituents is 1. The van der Waals surface area contributed by atoms with Gasteiger partial charge in [-0.1, -0.05) is 11.6 Å². The molecule has 2 aromatic rings. The first-order chi connectivity index (χ1) is 10.7. The van der Waals surface area contributed by atoms with Crippen molar-refractivity contribution in [2.45, 2.75) is 11.8 Å². The first-order valence-electron chi connectivity index (χ1n) is 6.22. The van der Waals surface area contributed by atoms with E-state index in [0.717, 1.165) is 0 Å². The van der Waals surface area contributed by atoms with Crippen molar-refractivity contribution in [3.8, 4) is 6.07 Å². The van der Waals surface area contributed by atoms with E-state index < -0.39 is 14.9 Å². The fraction of sp³-hybridized carbons (Fsp3) is 0.0714. The molecule has 0 radical (unpaired) electrons. The van der Waals surface area contributed by atoms with Crippen LogP contribution in [0.15, 0.2) is 41.3 Å². The van der Waals surface area contributed by atoms with E-state index in [-0.39, 0.29) is 21.3 Å². The van der Waals surface area contributed by atoms with Crippen molar-refractivity contribution in [2.24, 2.45) is 0 Å². The second-order valence-corrected chi connectivity index (χ2v) is 6.71. The molecule has 23 heavy (non-hydrogen) atoms. The topological polar surface area (TPSA) is 113 Å². The van der Waals surface area contributed by atoms with Gasteiger partial charge in [-0.05, 0) is 42.8 Å². The zero-order chi connectivity index (χ0) is 17.2. The molecular formula is C14H10ClN3O4S. The standard InChI is InChI=1S/C14H10ClN3O4S/c1-9-6-14(18(19)20)12(15)7-13(9)17-23(21,22)11-4-2-10(8-16)3-5-11/h2-7,17H,1H3. The number of nitriles is 1. The summed E-state index contributed by atoms with van der Waals surface area (Å²) in [7, 11) is -3.90. The zero-order valence-corrected chi connectivity index (χ0v) is 13.4. The van der Waals surface area contributed by atoms with Crippen LogP contribution in [0.4, 0.5) is 11.4 Å². The lowest BCUT2D eigenvalue weighted by Gasteiger charge is -2.11. The Labute approximate surface area is 137 Å². The summed E-state index contributed by atoms with van der Waals surface area (Å²) < 4.78 is 27.0. The maximum absolute atomic E-state index is 12.3. The number of benzene rings is 2. The second-order valence-electron chi connectivity index (χ2n) is 4.62. The monoisotopic (exact) mass is 351 g/mol. The van der Waals surface area contributed by atoms with E-state index in [1.54, 1.807) is 0 Å². The molecule has 2 aromatic carbocycles. The molecule has 7 nitrogen and oxygen atoms in total. The van der Waals surface area contributed by atoms with Crippen LogP contribution in [0.25, 0.3) is 0 Å². The molecule has 0 atom stereocenters. The third-order valence-electron chi connectivity index (χ3n) is 3.03. The summed E-state index contributed by atoms with van der Waals surface area (Å²) in [5.41, 5.74) is 0.535. The number of aryl methyl sites for hydroxylation is 1. The van der Waals surface area contributed by atoms with Gasteiger partial charge >= 0.3 is 0 Å². The van der Waals surface area contributed by atoms with E-state index in [4.69, 9.17) is 16.9 Å². The van der Waals surface area contributed by atoms with E-state index in [1.807, 2.05) is 6.07 Å². The molecule has 0 spiro atoms. The minimum atomic E-state index is -3.90. The first kappa shape index (κ1) is 16.7. The maximum atomic E-state index is 12.3. The van der Waals surface area contributed by atoms with Gasteiger partial charge in [0.2, 0.25) is 0 Å². The molecule has 0 aromatic heterocycles. The Kier molecular flexibility index (Phi) is 4.54. The van der Waals surface area contributed by atoms with Crippen molar-refractivity contribution in [2.75, 3.05) is 4.72 Å². The molecule has 0 heterocycles. The Hall–Kier alpha value is -2.63. The zero-order valence-electron chi connectivity index (χ0n) is 11.8. The first-order valence-corrected chi connectivity index (χ1v) is 8.08. The van der Waals surface area contributed by atoms with Gasteiger partial charge in [0.15, 0.2) is 0 Å². The Morgan fingerprint density at radius 3 is 2.39 bits per heavy atom. The van der Waals surface area contributed by atoms with Crippen LogP contribution in [0.5, 0.6) is 0 Å². The molecule has 0 aliphatic heterocycles. The molecule has 9 heteroatoms. The van der Waals surface area contributed by atoms with Crippen LogP contribution in [-0.2, 0) is 10.0 Å². The maximum Gasteiger partial charge on any atom is 0.288 e. The lowest BCUT2D eigenvalue weighted by molar-refractivity contribution is -0.384. The summed E-state index contributed by atoms with van der Waals surface area (Å²) in [6.45, 7) is 1.53. The highest BCUT2D eigenvalue weighted by Crippen LogP contribution is 2.31. The molecular weight excluding hydrogens is 342 g/mol. The molecule has 0 fully saturated rings. The number of nitro groups is 1. The van der Waals surface area contributed by atoms with E-state index in [9.17, 15) is 18.5 Å². The summed E-state index contributed by atoms with van der Waals surface area (Å²) >= 11 is 5.80. The molecule has 0 unspecified atom stereocenters. The number of halogens is 1. The minimum Gasteiger partial charge on any atom is -0.279 e. The molecule has 0 aliphatic rings. The summed E-state index contributed by atoms with van der Waals surface area (Å²) in [4.78, 5) is 10.1. The molecule has 118 valence electrons. The number of nitrogens with one attached hydrogen (secondary N) is 1. The van der Waals surface area contributed by atoms with Crippen LogP contribution in [0.3, 0.4) is 0 Å². The second kappa shape index (κ2) is 6.24. The highest BCUT2D eigenvalue weighted by molar-refractivity contribution is 7.92. The Morgan fingerprint density at radius 1 is 1.26 bits per heavy atom. The quantitative estimate of drug-likeness (QED) is 0.671. The van der Waals surface area contributed by atoms with Gasteiger partial charge in [-0.25, -0.2) is 8.42 Å². The predicted octanol–water partition coefficient (Wildman–Crippen LogP) is 3.23. The average Bonchev–Trinajstić information content (AvgIpc) is 2.50. The van der Waals surface area contributed by atoms with Gasteiger partial charge in [-0.2, -0.15) is 5.26 Å². The minimum absolute atomic E-state index is 0.0367. The third kappa shape index (κ3) is 3.59. The number of rotatable bonds is 4. The van der Waals surface area contributed by atoms with Crippen molar-refractivity contribution < 1.29 is 13.3 Å². The number of sulfonamides is 1. The Bertz CT molecular complexity index is 918. The highest BCUT2D eigenvalue weighted by atomic mass is 35.5. The Morgan fingerprint density at radius 2 is 1.87 bits per heavy atom. The SMILES string of the molecule is Cc1cc([N+](=O)[O-])c(Cl)cc1NS(=O)(=O)c1ccc(C#N)cc1. The van der Waals surface area contributed by atoms with Crippen LogP contribution in [-0.4, -0.2) is 13.3 Å². The van der Waals surface area contributed by atoms with E-state index in [2.05, 4.69) is 4.72 Å². The fourth-order valence-corrected chi connectivity index (χ4v) is 3.18. The predicted molar refractivity (Wildman–Crippen MR) is 84.8 cm³/mol. The number of nitrogens with zero attached hydrogens (tertiary/aromatic N) is 2. The average molecular weight is 352 g/mol. The summed E-state index contributed by atoms with van der Waals surface area (Å²) in [5.74, 6) is 0. The molecule has 0 bridgehead atoms. The van der Waals surface area contributed by atoms with Gasteiger partial charge in [0.05, 0.1) is 27.1 Å². The normalized spacial score (nSPS) is 10.8. The van der Waals surface area contributed by atoms with Crippen molar-refractivity contribution in [3.63, 3.8) is 0 Å². The lowest BCUT2D eigenvalue weighted by atomic mass is 10.2. The van der Waals surface area contributed by atoms with Crippen molar-refractivity contribution in [1.82, 2.24) is 0 Å². The molecule has 0 aliphatic carbocycles. The van der Waals surface area contributed by atoms with E-state index >= 15 is 0 Å². The van der Waals surface area contributed by atoms with Gasteiger partial charge < -0.3 is 0 Å².